The van der Waals surface area contributed by atoms with Gasteiger partial charge < -0.3 is 4.90 Å². The quantitative estimate of drug-likeness (QED) is 0.741. The zero-order valence-electron chi connectivity index (χ0n) is 10.1. The van der Waals surface area contributed by atoms with Gasteiger partial charge in [0, 0.05) is 24.6 Å². The third-order valence-corrected chi connectivity index (χ3v) is 3.81. The molecule has 0 aromatic heterocycles. The maximum absolute atomic E-state index is 13.0. The average Bonchev–Trinajstić information content (AvgIpc) is 3.11. The van der Waals surface area contributed by atoms with Crippen molar-refractivity contribution in [3.05, 3.63) is 29.3 Å². The lowest BCUT2D eigenvalue weighted by Crippen LogP contribution is -2.23. The fraction of sp³-hybridized carbons (Fsp3) is 0.538. The van der Waals surface area contributed by atoms with Crippen molar-refractivity contribution in [2.75, 3.05) is 18.5 Å². The first-order chi connectivity index (χ1) is 8.41. The van der Waals surface area contributed by atoms with Crippen LogP contribution in [0.25, 0.3) is 0 Å². The third kappa shape index (κ3) is 3.19. The number of benzene rings is 1. The van der Waals surface area contributed by atoms with Crippen LogP contribution in [0.2, 0.25) is 0 Å². The van der Waals surface area contributed by atoms with Crippen molar-refractivity contribution in [3.63, 3.8) is 0 Å². The van der Waals surface area contributed by atoms with Gasteiger partial charge >= 0.3 is 6.18 Å². The molecule has 100 valence electrons. The van der Waals surface area contributed by atoms with Crippen molar-refractivity contribution < 1.29 is 13.2 Å². The van der Waals surface area contributed by atoms with Gasteiger partial charge in [0.2, 0.25) is 0 Å². The van der Waals surface area contributed by atoms with E-state index in [0.29, 0.717) is 23.4 Å². The van der Waals surface area contributed by atoms with E-state index in [1.165, 1.54) is 6.07 Å². The van der Waals surface area contributed by atoms with Crippen LogP contribution in [-0.2, 0) is 11.5 Å². The van der Waals surface area contributed by atoms with Crippen molar-refractivity contribution in [2.24, 2.45) is 5.92 Å². The van der Waals surface area contributed by atoms with Crippen LogP contribution in [0, 0.1) is 5.92 Å². The summed E-state index contributed by atoms with van der Waals surface area (Å²) < 4.78 is 39.1. The maximum Gasteiger partial charge on any atom is 0.418 e. The van der Waals surface area contributed by atoms with Crippen molar-refractivity contribution >= 4 is 21.6 Å². The van der Waals surface area contributed by atoms with Gasteiger partial charge in [0.25, 0.3) is 0 Å². The molecule has 0 N–H and O–H groups in total. The van der Waals surface area contributed by atoms with E-state index in [1.54, 1.807) is 24.1 Å². The van der Waals surface area contributed by atoms with Gasteiger partial charge in [-0.2, -0.15) is 13.2 Å². The van der Waals surface area contributed by atoms with Crippen LogP contribution in [0.4, 0.5) is 18.9 Å². The summed E-state index contributed by atoms with van der Waals surface area (Å²) in [5.41, 5.74) is 0.382. The minimum absolute atomic E-state index is 0.277. The molecule has 1 nitrogen and oxygen atoms in total. The SMILES string of the molecule is CN(CC1CC1)c1ccc(CBr)cc1C(F)(F)F. The Labute approximate surface area is 113 Å². The first kappa shape index (κ1) is 13.7. The first-order valence-electron chi connectivity index (χ1n) is 5.89. The minimum Gasteiger partial charge on any atom is -0.374 e. The maximum atomic E-state index is 13.0. The smallest absolute Gasteiger partial charge is 0.374 e. The lowest BCUT2D eigenvalue weighted by molar-refractivity contribution is -0.137. The Morgan fingerprint density at radius 1 is 1.33 bits per heavy atom. The van der Waals surface area contributed by atoms with E-state index in [1.807, 2.05) is 0 Å². The van der Waals surface area contributed by atoms with Crippen LogP contribution in [0.1, 0.15) is 24.0 Å². The van der Waals surface area contributed by atoms with Crippen LogP contribution in [0.15, 0.2) is 18.2 Å². The molecule has 0 unspecified atom stereocenters. The first-order valence-corrected chi connectivity index (χ1v) is 7.01. The molecule has 0 heterocycles. The van der Waals surface area contributed by atoms with Crippen LogP contribution < -0.4 is 4.90 Å². The lowest BCUT2D eigenvalue weighted by Gasteiger charge is -2.24. The number of hydrogen-bond donors (Lipinski definition) is 0. The van der Waals surface area contributed by atoms with E-state index in [4.69, 9.17) is 0 Å². The highest BCUT2D eigenvalue weighted by atomic mass is 79.9. The van der Waals surface area contributed by atoms with E-state index in [9.17, 15) is 13.2 Å². The summed E-state index contributed by atoms with van der Waals surface area (Å²) in [6.07, 6.45) is -2.04. The molecular weight excluding hydrogens is 307 g/mol. The average molecular weight is 322 g/mol. The molecule has 18 heavy (non-hydrogen) atoms. The molecule has 0 radical (unpaired) electrons. The Morgan fingerprint density at radius 2 is 2.00 bits per heavy atom. The number of hydrogen-bond acceptors (Lipinski definition) is 1. The van der Waals surface area contributed by atoms with E-state index >= 15 is 0 Å². The summed E-state index contributed by atoms with van der Waals surface area (Å²) in [7, 11) is 1.73. The topological polar surface area (TPSA) is 3.24 Å². The summed E-state index contributed by atoms with van der Waals surface area (Å²) in [6, 6.07) is 4.54. The molecule has 0 aliphatic heterocycles. The molecule has 1 aliphatic carbocycles. The van der Waals surface area contributed by atoms with Crippen molar-refractivity contribution in [3.8, 4) is 0 Å². The highest BCUT2D eigenvalue weighted by Gasteiger charge is 2.35. The summed E-state index contributed by atoms with van der Waals surface area (Å²) in [5.74, 6) is 0.562. The molecule has 1 saturated carbocycles. The molecule has 0 spiro atoms. The zero-order chi connectivity index (χ0) is 13.3. The van der Waals surface area contributed by atoms with E-state index in [2.05, 4.69) is 15.9 Å². The van der Waals surface area contributed by atoms with Gasteiger partial charge in [0.15, 0.2) is 0 Å². The number of nitrogens with zero attached hydrogens (tertiary/aromatic N) is 1. The highest BCUT2D eigenvalue weighted by molar-refractivity contribution is 9.08. The third-order valence-electron chi connectivity index (χ3n) is 3.16. The van der Waals surface area contributed by atoms with Crippen LogP contribution >= 0.6 is 15.9 Å². The van der Waals surface area contributed by atoms with Gasteiger partial charge in [0.05, 0.1) is 5.56 Å². The Morgan fingerprint density at radius 3 is 2.50 bits per heavy atom. The van der Waals surface area contributed by atoms with Crippen LogP contribution in [-0.4, -0.2) is 13.6 Å². The monoisotopic (exact) mass is 321 g/mol. The second-order valence-corrected chi connectivity index (χ2v) is 5.37. The predicted molar refractivity (Wildman–Crippen MR) is 70.1 cm³/mol. The zero-order valence-corrected chi connectivity index (χ0v) is 11.7. The van der Waals surface area contributed by atoms with E-state index in [0.717, 1.165) is 12.8 Å². The van der Waals surface area contributed by atoms with Gasteiger partial charge in [-0.15, -0.1) is 0 Å². The molecule has 0 bridgehead atoms. The predicted octanol–water partition coefficient (Wildman–Crippen LogP) is 4.45. The Hall–Kier alpha value is -0.710. The fourth-order valence-corrected chi connectivity index (χ4v) is 2.36. The lowest BCUT2D eigenvalue weighted by atomic mass is 10.1. The van der Waals surface area contributed by atoms with Crippen molar-refractivity contribution in [1.29, 1.82) is 0 Å². The van der Waals surface area contributed by atoms with E-state index in [-0.39, 0.29) is 5.69 Å². The Balaban J connectivity index is 2.31. The fourth-order valence-electron chi connectivity index (χ4n) is 2.01. The second-order valence-electron chi connectivity index (χ2n) is 4.81. The van der Waals surface area contributed by atoms with Crippen molar-refractivity contribution in [2.45, 2.75) is 24.3 Å². The molecule has 0 atom stereocenters. The molecule has 1 fully saturated rings. The van der Waals surface area contributed by atoms with Gasteiger partial charge in [-0.1, -0.05) is 22.0 Å². The van der Waals surface area contributed by atoms with Crippen LogP contribution in [0.5, 0.6) is 0 Å². The largest absolute Gasteiger partial charge is 0.418 e. The molecular formula is C13H15BrF3N. The van der Waals surface area contributed by atoms with Crippen LogP contribution in [0.3, 0.4) is 0 Å². The molecule has 0 amide bonds. The molecule has 1 aliphatic rings. The van der Waals surface area contributed by atoms with Gasteiger partial charge in [-0.25, -0.2) is 0 Å². The number of alkyl halides is 4. The number of halogens is 4. The normalized spacial score (nSPS) is 15.8. The highest BCUT2D eigenvalue weighted by Crippen LogP contribution is 2.39. The summed E-state index contributed by atoms with van der Waals surface area (Å²) >= 11 is 3.19. The van der Waals surface area contributed by atoms with E-state index < -0.39 is 11.7 Å². The standard InChI is InChI=1S/C13H15BrF3N/c1-18(8-9-2-3-9)12-5-4-10(7-14)6-11(12)13(15,16)17/h4-6,9H,2-3,7-8H2,1H3. The number of anilines is 1. The molecule has 1 aromatic carbocycles. The van der Waals surface area contributed by atoms with Gasteiger partial charge in [-0.05, 0) is 36.5 Å². The Kier molecular flexibility index (Phi) is 3.90. The van der Waals surface area contributed by atoms with Gasteiger partial charge in [0.1, 0.15) is 0 Å². The second kappa shape index (κ2) is 5.11. The number of rotatable bonds is 4. The minimum atomic E-state index is -4.30. The summed E-state index contributed by atoms with van der Waals surface area (Å²) in [4.78, 5) is 1.72. The summed E-state index contributed by atoms with van der Waals surface area (Å²) in [6.45, 7) is 0.705. The molecule has 1 aromatic rings. The van der Waals surface area contributed by atoms with Gasteiger partial charge in [-0.3, -0.25) is 0 Å². The molecule has 5 heteroatoms. The Bertz CT molecular complexity index is 427. The molecule has 0 saturated heterocycles. The molecule has 2 rings (SSSR count). The van der Waals surface area contributed by atoms with Crippen molar-refractivity contribution in [1.82, 2.24) is 0 Å². The summed E-state index contributed by atoms with van der Waals surface area (Å²) in [5, 5.41) is 0.433.